The van der Waals surface area contributed by atoms with Crippen molar-refractivity contribution < 1.29 is 22.7 Å². The van der Waals surface area contributed by atoms with Crippen LogP contribution in [0.1, 0.15) is 22.8 Å². The van der Waals surface area contributed by atoms with Crippen molar-refractivity contribution in [3.8, 4) is 0 Å². The van der Waals surface area contributed by atoms with E-state index in [1.54, 1.807) is 24.3 Å². The third-order valence-electron chi connectivity index (χ3n) is 4.94. The fourth-order valence-electron chi connectivity index (χ4n) is 3.31. The van der Waals surface area contributed by atoms with E-state index < -0.39 is 21.2 Å². The molecule has 1 saturated heterocycles. The molecule has 1 aliphatic rings. The molecule has 0 aliphatic carbocycles. The quantitative estimate of drug-likeness (QED) is 0.756. The molecule has 0 radical (unpaired) electrons. The van der Waals surface area contributed by atoms with Gasteiger partial charge in [-0.2, -0.15) is 0 Å². The van der Waals surface area contributed by atoms with E-state index in [4.69, 9.17) is 16.3 Å². The number of rotatable bonds is 5. The lowest BCUT2D eigenvalue weighted by atomic mass is 10.1. The molecule has 1 N–H and O–H groups in total. The maximum Gasteiger partial charge on any atom is 0.407 e. The molecule has 1 heterocycles. The second-order valence-corrected chi connectivity index (χ2v) is 9.67. The summed E-state index contributed by atoms with van der Waals surface area (Å²) in [5, 5.41) is 2.06. The van der Waals surface area contributed by atoms with Crippen LogP contribution in [0.15, 0.2) is 54.6 Å². The first-order valence-corrected chi connectivity index (χ1v) is 11.6. The van der Waals surface area contributed by atoms with Crippen LogP contribution in [0.5, 0.6) is 0 Å². The van der Waals surface area contributed by atoms with Crippen LogP contribution in [-0.2, 0) is 26.0 Å². The number of carbonyl (C=O) groups excluding carboxylic acids is 2. The summed E-state index contributed by atoms with van der Waals surface area (Å²) in [6.45, 7) is 0.171. The van der Waals surface area contributed by atoms with Gasteiger partial charge in [0.1, 0.15) is 13.2 Å². The number of benzene rings is 2. The zero-order chi connectivity index (χ0) is 21.6. The van der Waals surface area contributed by atoms with Crippen LogP contribution in [0.25, 0.3) is 0 Å². The first-order chi connectivity index (χ1) is 14.4. The molecular weight excluding hydrogens is 428 g/mol. The van der Waals surface area contributed by atoms with Gasteiger partial charge in [0.2, 0.25) is 5.91 Å². The molecule has 3 rings (SSSR count). The molecule has 1 unspecified atom stereocenters. The van der Waals surface area contributed by atoms with E-state index >= 15 is 0 Å². The van der Waals surface area contributed by atoms with Gasteiger partial charge in [0.15, 0.2) is 9.84 Å². The topological polar surface area (TPSA) is 92.8 Å². The Labute approximate surface area is 180 Å². The Balaban J connectivity index is 1.53. The fraction of sp³-hybridized carbons (Fsp3) is 0.333. The van der Waals surface area contributed by atoms with Gasteiger partial charge >= 0.3 is 6.09 Å². The number of hydrogen-bond donors (Lipinski definition) is 1. The number of amides is 2. The number of nitrogens with zero attached hydrogens (tertiary/aromatic N) is 1. The van der Waals surface area contributed by atoms with Crippen molar-refractivity contribution in [2.75, 3.05) is 25.4 Å². The predicted octanol–water partition coefficient (Wildman–Crippen LogP) is 2.95. The molecule has 0 saturated carbocycles. The molecule has 1 fully saturated rings. The molecule has 1 atom stereocenters. The van der Waals surface area contributed by atoms with Gasteiger partial charge in [-0.3, -0.25) is 4.79 Å². The molecule has 30 heavy (non-hydrogen) atoms. The monoisotopic (exact) mass is 450 g/mol. The number of carbonyl (C=O) groups is 2. The highest BCUT2D eigenvalue weighted by Crippen LogP contribution is 2.33. The van der Waals surface area contributed by atoms with Crippen LogP contribution in [-0.4, -0.2) is 50.7 Å². The van der Waals surface area contributed by atoms with Gasteiger partial charge in [-0.1, -0.05) is 60.1 Å². The average molecular weight is 451 g/mol. The van der Waals surface area contributed by atoms with Crippen LogP contribution in [0.2, 0.25) is 5.02 Å². The molecule has 2 amide bonds. The van der Waals surface area contributed by atoms with Gasteiger partial charge < -0.3 is 15.0 Å². The van der Waals surface area contributed by atoms with Gasteiger partial charge in [-0.15, -0.1) is 0 Å². The number of halogens is 1. The predicted molar refractivity (Wildman–Crippen MR) is 114 cm³/mol. The number of alkyl carbamates (subject to hydrolysis) is 1. The molecule has 0 spiro atoms. The zero-order valence-electron chi connectivity index (χ0n) is 16.3. The van der Waals surface area contributed by atoms with Crippen molar-refractivity contribution >= 4 is 33.4 Å². The van der Waals surface area contributed by atoms with E-state index in [0.717, 1.165) is 5.56 Å². The Hall–Kier alpha value is -2.58. The van der Waals surface area contributed by atoms with Crippen molar-refractivity contribution in [1.29, 1.82) is 0 Å². The molecule has 0 aromatic heterocycles. The number of hydrogen-bond acceptors (Lipinski definition) is 5. The molecule has 0 bridgehead atoms. The first-order valence-electron chi connectivity index (χ1n) is 9.55. The van der Waals surface area contributed by atoms with E-state index in [0.29, 0.717) is 10.6 Å². The van der Waals surface area contributed by atoms with Crippen LogP contribution in [0.4, 0.5) is 4.79 Å². The maximum atomic E-state index is 12.7. The van der Waals surface area contributed by atoms with Crippen molar-refractivity contribution in [1.82, 2.24) is 10.2 Å². The third-order valence-corrected chi connectivity index (χ3v) is 7.39. The SMILES string of the molecule is O=C(NCC(=O)N1CCC(c2ccccc2Cl)S(=O)(=O)CC1)OCc1ccccc1. The summed E-state index contributed by atoms with van der Waals surface area (Å²) in [5.41, 5.74) is 1.39. The maximum absolute atomic E-state index is 12.7. The second kappa shape index (κ2) is 9.95. The normalized spacial score (nSPS) is 18.3. The Morgan fingerprint density at radius 3 is 2.50 bits per heavy atom. The summed E-state index contributed by atoms with van der Waals surface area (Å²) in [6.07, 6.45) is -0.459. The molecule has 2 aromatic rings. The molecule has 160 valence electrons. The average Bonchev–Trinajstić information content (AvgIpc) is 2.90. The zero-order valence-corrected chi connectivity index (χ0v) is 17.9. The van der Waals surface area contributed by atoms with Gasteiger partial charge in [0, 0.05) is 18.1 Å². The standard InChI is InChI=1S/C21H23ClN2O5S/c22-18-9-5-4-8-17(18)19-10-11-24(12-13-30(19,27)28)20(25)14-23-21(26)29-15-16-6-2-1-3-7-16/h1-9,19H,10-15H2,(H,23,26). The van der Waals surface area contributed by atoms with Crippen molar-refractivity contribution in [3.05, 3.63) is 70.7 Å². The first kappa shape index (κ1) is 22.1. The lowest BCUT2D eigenvalue weighted by Gasteiger charge is -2.20. The fourth-order valence-corrected chi connectivity index (χ4v) is 5.46. The summed E-state index contributed by atoms with van der Waals surface area (Å²) in [6, 6.07) is 16.0. The summed E-state index contributed by atoms with van der Waals surface area (Å²) in [4.78, 5) is 25.8. The van der Waals surface area contributed by atoms with E-state index in [-0.39, 0.29) is 44.3 Å². The van der Waals surface area contributed by atoms with E-state index in [1.807, 2.05) is 30.3 Å². The Bertz CT molecular complexity index is 997. The lowest BCUT2D eigenvalue weighted by molar-refractivity contribution is -0.129. The number of sulfone groups is 1. The lowest BCUT2D eigenvalue weighted by Crippen LogP contribution is -2.41. The molecule has 2 aromatic carbocycles. The van der Waals surface area contributed by atoms with Gasteiger partial charge in [0.25, 0.3) is 0 Å². The highest BCUT2D eigenvalue weighted by molar-refractivity contribution is 7.91. The highest BCUT2D eigenvalue weighted by Gasteiger charge is 2.33. The summed E-state index contributed by atoms with van der Waals surface area (Å²) in [7, 11) is -3.46. The molecule has 7 nitrogen and oxygen atoms in total. The van der Waals surface area contributed by atoms with Crippen molar-refractivity contribution in [2.45, 2.75) is 18.3 Å². The van der Waals surface area contributed by atoms with Gasteiger partial charge in [-0.05, 0) is 23.6 Å². The van der Waals surface area contributed by atoms with E-state index in [1.165, 1.54) is 4.90 Å². The largest absolute Gasteiger partial charge is 0.445 e. The number of nitrogens with one attached hydrogen (secondary N) is 1. The van der Waals surface area contributed by atoms with E-state index in [9.17, 15) is 18.0 Å². The van der Waals surface area contributed by atoms with Crippen molar-refractivity contribution in [3.63, 3.8) is 0 Å². The minimum Gasteiger partial charge on any atom is -0.445 e. The van der Waals surface area contributed by atoms with Crippen LogP contribution >= 0.6 is 11.6 Å². The van der Waals surface area contributed by atoms with Gasteiger partial charge in [0.05, 0.1) is 11.0 Å². The highest BCUT2D eigenvalue weighted by atomic mass is 35.5. The Morgan fingerprint density at radius 1 is 1.07 bits per heavy atom. The summed E-state index contributed by atoms with van der Waals surface area (Å²) in [5.74, 6) is -0.519. The summed E-state index contributed by atoms with van der Waals surface area (Å²) < 4.78 is 30.5. The third kappa shape index (κ3) is 5.73. The van der Waals surface area contributed by atoms with E-state index in [2.05, 4.69) is 5.32 Å². The molecule has 1 aliphatic heterocycles. The minimum absolute atomic E-state index is 0.0723. The molecule has 9 heteroatoms. The van der Waals surface area contributed by atoms with Crippen LogP contribution < -0.4 is 5.32 Å². The van der Waals surface area contributed by atoms with Crippen LogP contribution in [0.3, 0.4) is 0 Å². The number of ether oxygens (including phenoxy) is 1. The smallest absolute Gasteiger partial charge is 0.407 e. The second-order valence-electron chi connectivity index (χ2n) is 6.96. The molecular formula is C21H23ClN2O5S. The summed E-state index contributed by atoms with van der Waals surface area (Å²) >= 11 is 6.19. The van der Waals surface area contributed by atoms with Crippen LogP contribution in [0, 0.1) is 0 Å². The van der Waals surface area contributed by atoms with Gasteiger partial charge in [-0.25, -0.2) is 13.2 Å². The minimum atomic E-state index is -3.46. The van der Waals surface area contributed by atoms with Crippen molar-refractivity contribution in [2.24, 2.45) is 0 Å². The Kier molecular flexibility index (Phi) is 7.33. The Morgan fingerprint density at radius 2 is 1.77 bits per heavy atom.